The second kappa shape index (κ2) is 8.82. The van der Waals surface area contributed by atoms with Crippen molar-refractivity contribution in [1.82, 2.24) is 15.1 Å². The molecule has 3 rings (SSSR count). The third-order valence-corrected chi connectivity index (χ3v) is 3.89. The number of hydrogen-bond acceptors (Lipinski definition) is 3. The molecule has 0 unspecified atom stereocenters. The Hall–Kier alpha value is -3.12. The molecule has 1 aromatic heterocycles. The number of nitrogens with two attached hydrogens (primary N) is 1. The Morgan fingerprint density at radius 1 is 1.12 bits per heavy atom. The average molecular weight is 349 g/mol. The Bertz CT molecular complexity index is 843. The number of guanidine groups is 1. The lowest BCUT2D eigenvalue weighted by atomic mass is 10.1. The van der Waals surface area contributed by atoms with Gasteiger partial charge in [0.25, 0.3) is 0 Å². The number of nitrogens with one attached hydrogen (secondary N) is 1. The first kappa shape index (κ1) is 17.7. The van der Waals surface area contributed by atoms with Crippen LogP contribution in [0.2, 0.25) is 0 Å². The molecule has 0 amide bonds. The van der Waals surface area contributed by atoms with Crippen molar-refractivity contribution in [3.63, 3.8) is 0 Å². The smallest absolute Gasteiger partial charge is 0.189 e. The Morgan fingerprint density at radius 2 is 1.81 bits per heavy atom. The third-order valence-electron chi connectivity index (χ3n) is 3.89. The maximum Gasteiger partial charge on any atom is 0.189 e. The molecule has 0 fully saturated rings. The zero-order valence-electron chi connectivity index (χ0n) is 14.8. The van der Waals surface area contributed by atoms with Gasteiger partial charge >= 0.3 is 0 Å². The average Bonchev–Trinajstić information content (AvgIpc) is 3.12. The second-order valence-electron chi connectivity index (χ2n) is 5.77. The van der Waals surface area contributed by atoms with Gasteiger partial charge in [-0.3, -0.25) is 0 Å². The maximum absolute atomic E-state index is 5.93. The number of rotatable bonds is 7. The van der Waals surface area contributed by atoms with E-state index in [0.29, 0.717) is 25.7 Å². The lowest BCUT2D eigenvalue weighted by Gasteiger charge is -2.04. The predicted molar refractivity (Wildman–Crippen MR) is 104 cm³/mol. The molecule has 3 N–H and O–H groups in total. The van der Waals surface area contributed by atoms with Crippen LogP contribution in [0, 0.1) is 0 Å². The Balaban J connectivity index is 1.87. The summed E-state index contributed by atoms with van der Waals surface area (Å²) in [5, 5.41) is 7.80. The van der Waals surface area contributed by atoms with Gasteiger partial charge in [0.05, 0.1) is 24.5 Å². The molecule has 0 aliphatic heterocycles. The fraction of sp³-hybridized carbons (Fsp3) is 0.200. The van der Waals surface area contributed by atoms with E-state index in [-0.39, 0.29) is 0 Å². The van der Waals surface area contributed by atoms with Crippen molar-refractivity contribution in [3.8, 4) is 16.9 Å². The lowest BCUT2D eigenvalue weighted by molar-refractivity contribution is 0.204. The maximum atomic E-state index is 5.93. The van der Waals surface area contributed by atoms with E-state index in [1.54, 1.807) is 7.11 Å². The molecule has 0 aliphatic carbocycles. The van der Waals surface area contributed by atoms with Gasteiger partial charge in [0.2, 0.25) is 0 Å². The lowest BCUT2D eigenvalue weighted by Crippen LogP contribution is -2.34. The van der Waals surface area contributed by atoms with E-state index in [1.807, 2.05) is 71.5 Å². The highest BCUT2D eigenvalue weighted by atomic mass is 16.5. The zero-order valence-corrected chi connectivity index (χ0v) is 14.8. The molecule has 0 saturated carbocycles. The largest absolute Gasteiger partial charge is 0.383 e. The quantitative estimate of drug-likeness (QED) is 0.390. The topological polar surface area (TPSA) is 77.5 Å². The summed E-state index contributed by atoms with van der Waals surface area (Å²) in [7, 11) is 1.65. The second-order valence-corrected chi connectivity index (χ2v) is 5.77. The van der Waals surface area contributed by atoms with Crippen molar-refractivity contribution < 1.29 is 4.74 Å². The van der Waals surface area contributed by atoms with Gasteiger partial charge in [0.15, 0.2) is 5.96 Å². The molecule has 3 aromatic rings. The minimum atomic E-state index is 0.397. The Morgan fingerprint density at radius 3 is 2.50 bits per heavy atom. The molecule has 134 valence electrons. The molecule has 6 nitrogen and oxygen atoms in total. The van der Waals surface area contributed by atoms with Gasteiger partial charge in [0.1, 0.15) is 0 Å². The highest BCUT2D eigenvalue weighted by Crippen LogP contribution is 2.24. The normalized spacial score (nSPS) is 11.5. The van der Waals surface area contributed by atoms with Gasteiger partial charge in [0, 0.05) is 31.0 Å². The standard InChI is InChI=1S/C20H23N5O/c1-26-13-12-22-20(21)23-14-17-15-25(18-10-6-3-7-11-18)24-19(17)16-8-4-2-5-9-16/h2-11,15H,12-14H2,1H3,(H3,21,22,23). The fourth-order valence-corrected chi connectivity index (χ4v) is 2.58. The summed E-state index contributed by atoms with van der Waals surface area (Å²) in [6.45, 7) is 1.65. The van der Waals surface area contributed by atoms with Crippen molar-refractivity contribution in [3.05, 3.63) is 72.4 Å². The third kappa shape index (κ3) is 4.49. The van der Waals surface area contributed by atoms with Crippen molar-refractivity contribution in [2.24, 2.45) is 10.7 Å². The van der Waals surface area contributed by atoms with Crippen LogP contribution in [0.15, 0.2) is 71.9 Å². The molecule has 0 spiro atoms. The van der Waals surface area contributed by atoms with Crippen LogP contribution in [0.25, 0.3) is 16.9 Å². The van der Waals surface area contributed by atoms with Gasteiger partial charge in [-0.25, -0.2) is 9.67 Å². The summed E-state index contributed by atoms with van der Waals surface area (Å²) in [4.78, 5) is 4.43. The summed E-state index contributed by atoms with van der Waals surface area (Å²) >= 11 is 0. The molecule has 0 radical (unpaired) electrons. The van der Waals surface area contributed by atoms with E-state index in [9.17, 15) is 0 Å². The molecule has 0 atom stereocenters. The van der Waals surface area contributed by atoms with Crippen molar-refractivity contribution >= 4 is 5.96 Å². The number of benzene rings is 2. The van der Waals surface area contributed by atoms with Crippen LogP contribution in [0.4, 0.5) is 0 Å². The summed E-state index contributed by atoms with van der Waals surface area (Å²) < 4.78 is 6.87. The van der Waals surface area contributed by atoms with E-state index in [0.717, 1.165) is 22.5 Å². The first-order valence-corrected chi connectivity index (χ1v) is 8.50. The van der Waals surface area contributed by atoms with Gasteiger partial charge < -0.3 is 15.8 Å². The number of nitrogens with zero attached hydrogens (tertiary/aromatic N) is 3. The van der Waals surface area contributed by atoms with E-state index in [1.165, 1.54) is 0 Å². The summed E-state index contributed by atoms with van der Waals surface area (Å²) in [6, 6.07) is 20.1. The highest BCUT2D eigenvalue weighted by molar-refractivity contribution is 5.78. The number of aliphatic imine (C=N–C) groups is 1. The first-order chi connectivity index (χ1) is 12.8. The molecular formula is C20H23N5O. The minimum Gasteiger partial charge on any atom is -0.383 e. The van der Waals surface area contributed by atoms with E-state index >= 15 is 0 Å². The number of methoxy groups -OCH3 is 1. The molecular weight excluding hydrogens is 326 g/mol. The van der Waals surface area contributed by atoms with Crippen LogP contribution in [0.1, 0.15) is 5.56 Å². The number of hydrogen-bond donors (Lipinski definition) is 2. The number of para-hydroxylation sites is 1. The van der Waals surface area contributed by atoms with Gasteiger partial charge in [-0.2, -0.15) is 5.10 Å². The molecule has 0 aliphatic rings. The summed E-state index contributed by atoms with van der Waals surface area (Å²) in [5.74, 6) is 0.397. The van der Waals surface area contributed by atoms with Crippen LogP contribution in [0.5, 0.6) is 0 Å². The van der Waals surface area contributed by atoms with Crippen molar-refractivity contribution in [2.45, 2.75) is 6.54 Å². The van der Waals surface area contributed by atoms with E-state index < -0.39 is 0 Å². The Kier molecular flexibility index (Phi) is 6.01. The highest BCUT2D eigenvalue weighted by Gasteiger charge is 2.12. The number of aromatic nitrogens is 2. The van der Waals surface area contributed by atoms with E-state index in [4.69, 9.17) is 15.6 Å². The van der Waals surface area contributed by atoms with Crippen LogP contribution in [0.3, 0.4) is 0 Å². The van der Waals surface area contributed by atoms with Crippen molar-refractivity contribution in [2.75, 3.05) is 20.3 Å². The molecule has 0 bridgehead atoms. The van der Waals surface area contributed by atoms with Crippen LogP contribution >= 0.6 is 0 Å². The van der Waals surface area contributed by atoms with E-state index in [2.05, 4.69) is 10.3 Å². The molecule has 0 saturated heterocycles. The van der Waals surface area contributed by atoms with Crippen LogP contribution in [-0.2, 0) is 11.3 Å². The van der Waals surface area contributed by atoms with Gasteiger partial charge in [-0.1, -0.05) is 48.5 Å². The van der Waals surface area contributed by atoms with Crippen LogP contribution < -0.4 is 11.1 Å². The molecule has 26 heavy (non-hydrogen) atoms. The number of ether oxygens (including phenoxy) is 1. The summed E-state index contributed by atoms with van der Waals surface area (Å²) in [6.07, 6.45) is 2.00. The van der Waals surface area contributed by atoms with Crippen molar-refractivity contribution in [1.29, 1.82) is 0 Å². The SMILES string of the molecule is COCCNC(N)=NCc1cn(-c2ccccc2)nc1-c1ccccc1. The monoisotopic (exact) mass is 349 g/mol. The molecule has 6 heteroatoms. The molecule has 2 aromatic carbocycles. The predicted octanol–water partition coefficient (Wildman–Crippen LogP) is 2.59. The minimum absolute atomic E-state index is 0.397. The summed E-state index contributed by atoms with van der Waals surface area (Å²) in [5.41, 5.74) is 9.90. The fourth-order valence-electron chi connectivity index (χ4n) is 2.58. The van der Waals surface area contributed by atoms with Gasteiger partial charge in [-0.15, -0.1) is 0 Å². The first-order valence-electron chi connectivity index (χ1n) is 8.50. The molecule has 1 heterocycles. The van der Waals surface area contributed by atoms with Gasteiger partial charge in [-0.05, 0) is 12.1 Å². The zero-order chi connectivity index (χ0) is 18.2. The Labute approximate surface area is 153 Å². The van der Waals surface area contributed by atoms with Crippen LogP contribution in [-0.4, -0.2) is 36.0 Å².